The molecule has 0 saturated carbocycles. The maximum absolute atomic E-state index is 12.3. The maximum Gasteiger partial charge on any atom is 0.248 e. The lowest BCUT2D eigenvalue weighted by molar-refractivity contribution is -0.116. The van der Waals surface area contributed by atoms with E-state index in [4.69, 9.17) is 11.6 Å². The average Bonchev–Trinajstić information content (AvgIpc) is 2.85. The summed E-state index contributed by atoms with van der Waals surface area (Å²) in [5.74, 6) is -0.0915. The van der Waals surface area contributed by atoms with Gasteiger partial charge >= 0.3 is 0 Å². The Labute approximate surface area is 133 Å². The van der Waals surface area contributed by atoms with E-state index in [2.05, 4.69) is 15.6 Å². The smallest absolute Gasteiger partial charge is 0.248 e. The van der Waals surface area contributed by atoms with Crippen LogP contribution in [0.25, 0.3) is 0 Å². The Morgan fingerprint density at radius 3 is 2.81 bits per heavy atom. The summed E-state index contributed by atoms with van der Waals surface area (Å²) < 4.78 is 0. The van der Waals surface area contributed by atoms with Gasteiger partial charge in [-0.05, 0) is 38.0 Å². The molecular weight excluding hydrogens is 306 g/mol. The molecule has 0 unspecified atom stereocenters. The number of hydrogen-bond acceptors (Lipinski definition) is 4. The zero-order valence-corrected chi connectivity index (χ0v) is 13.8. The molecule has 0 radical (unpaired) electrons. The van der Waals surface area contributed by atoms with Gasteiger partial charge in [0.25, 0.3) is 0 Å². The molecule has 0 aliphatic rings. The van der Waals surface area contributed by atoms with E-state index in [1.165, 1.54) is 11.3 Å². The Kier molecular flexibility index (Phi) is 5.20. The highest BCUT2D eigenvalue weighted by Gasteiger charge is 2.18. The molecule has 0 spiro atoms. The third-order valence-electron chi connectivity index (χ3n) is 3.17. The fraction of sp³-hybridized carbons (Fsp3) is 0.333. The highest BCUT2D eigenvalue weighted by atomic mass is 35.5. The molecule has 2 aromatic rings. The van der Waals surface area contributed by atoms with Crippen molar-refractivity contribution in [1.29, 1.82) is 0 Å². The van der Waals surface area contributed by atoms with Crippen LogP contribution in [0.2, 0.25) is 5.02 Å². The lowest BCUT2D eigenvalue weighted by atomic mass is 10.1. The number of aromatic nitrogens is 1. The number of anilines is 2. The van der Waals surface area contributed by atoms with E-state index in [0.717, 1.165) is 16.9 Å². The Morgan fingerprint density at radius 2 is 2.19 bits per heavy atom. The molecule has 21 heavy (non-hydrogen) atoms. The molecule has 0 bridgehead atoms. The van der Waals surface area contributed by atoms with Gasteiger partial charge in [-0.1, -0.05) is 24.6 Å². The fourth-order valence-electron chi connectivity index (χ4n) is 1.91. The lowest BCUT2D eigenvalue weighted by Crippen LogP contribution is -2.34. The average molecular weight is 324 g/mol. The Balaban J connectivity index is 2.08. The van der Waals surface area contributed by atoms with Gasteiger partial charge < -0.3 is 10.6 Å². The number of hydrogen-bond donors (Lipinski definition) is 2. The van der Waals surface area contributed by atoms with Gasteiger partial charge in [0.15, 0.2) is 5.13 Å². The molecule has 1 amide bonds. The molecule has 1 atom stereocenters. The van der Waals surface area contributed by atoms with Gasteiger partial charge in [0.1, 0.15) is 6.04 Å². The second-order valence-corrected chi connectivity index (χ2v) is 6.07. The SMILES string of the molecule is CC[C@@H](Nc1cccc(Cl)c1C)C(=O)Nc1nc(C)cs1. The van der Waals surface area contributed by atoms with Gasteiger partial charge in [0, 0.05) is 16.1 Å². The molecule has 0 saturated heterocycles. The van der Waals surface area contributed by atoms with Crippen LogP contribution in [-0.4, -0.2) is 16.9 Å². The first-order chi connectivity index (χ1) is 10.0. The standard InChI is InChI=1S/C15H18ClN3OS/c1-4-12(14(20)19-15-17-9(2)8-21-15)18-13-7-5-6-11(16)10(13)3/h5-8,12,18H,4H2,1-3H3,(H,17,19,20)/t12-/m1/s1. The molecule has 1 aromatic heterocycles. The topological polar surface area (TPSA) is 54.0 Å². The number of thiazole rings is 1. The van der Waals surface area contributed by atoms with Gasteiger partial charge in [0.2, 0.25) is 5.91 Å². The normalized spacial score (nSPS) is 12.0. The largest absolute Gasteiger partial charge is 0.373 e. The van der Waals surface area contributed by atoms with Gasteiger partial charge in [-0.25, -0.2) is 4.98 Å². The molecule has 2 N–H and O–H groups in total. The molecular formula is C15H18ClN3OS. The van der Waals surface area contributed by atoms with E-state index >= 15 is 0 Å². The second-order valence-electron chi connectivity index (χ2n) is 4.80. The minimum absolute atomic E-state index is 0.0915. The molecule has 1 aromatic carbocycles. The van der Waals surface area contributed by atoms with Crippen molar-refractivity contribution in [3.05, 3.63) is 39.9 Å². The summed E-state index contributed by atoms with van der Waals surface area (Å²) in [6.45, 7) is 5.79. The molecule has 112 valence electrons. The van der Waals surface area contributed by atoms with Crippen LogP contribution in [0.4, 0.5) is 10.8 Å². The summed E-state index contributed by atoms with van der Waals surface area (Å²) in [6.07, 6.45) is 0.669. The summed E-state index contributed by atoms with van der Waals surface area (Å²) in [4.78, 5) is 16.6. The van der Waals surface area contributed by atoms with Crippen molar-refractivity contribution >= 4 is 39.7 Å². The van der Waals surface area contributed by atoms with E-state index in [1.807, 2.05) is 44.4 Å². The number of amides is 1. The van der Waals surface area contributed by atoms with E-state index in [9.17, 15) is 4.79 Å². The van der Waals surface area contributed by atoms with Crippen molar-refractivity contribution in [2.45, 2.75) is 33.2 Å². The van der Waals surface area contributed by atoms with Gasteiger partial charge in [-0.3, -0.25) is 4.79 Å². The van der Waals surface area contributed by atoms with E-state index in [-0.39, 0.29) is 11.9 Å². The third kappa shape index (κ3) is 3.95. The zero-order chi connectivity index (χ0) is 15.4. The number of carbonyl (C=O) groups excluding carboxylic acids is 1. The minimum atomic E-state index is -0.327. The highest BCUT2D eigenvalue weighted by Crippen LogP contribution is 2.24. The number of rotatable bonds is 5. The predicted molar refractivity (Wildman–Crippen MR) is 89.4 cm³/mol. The molecule has 0 aliphatic carbocycles. The summed E-state index contributed by atoms with van der Waals surface area (Å²) in [5, 5.41) is 9.31. The van der Waals surface area contributed by atoms with Crippen LogP contribution in [0.5, 0.6) is 0 Å². The van der Waals surface area contributed by atoms with Crippen molar-refractivity contribution in [2.75, 3.05) is 10.6 Å². The first-order valence-electron chi connectivity index (χ1n) is 6.76. The Hall–Kier alpha value is -1.59. The number of nitrogens with one attached hydrogen (secondary N) is 2. The van der Waals surface area contributed by atoms with E-state index in [0.29, 0.717) is 16.6 Å². The highest BCUT2D eigenvalue weighted by molar-refractivity contribution is 7.13. The Morgan fingerprint density at radius 1 is 1.43 bits per heavy atom. The minimum Gasteiger partial charge on any atom is -0.373 e. The predicted octanol–water partition coefficient (Wildman–Crippen LogP) is 4.24. The van der Waals surface area contributed by atoms with E-state index in [1.54, 1.807) is 0 Å². The molecule has 1 heterocycles. The van der Waals surface area contributed by atoms with Gasteiger partial charge in [-0.15, -0.1) is 11.3 Å². The first-order valence-corrected chi connectivity index (χ1v) is 8.01. The van der Waals surface area contributed by atoms with Crippen molar-refractivity contribution in [1.82, 2.24) is 4.98 Å². The van der Waals surface area contributed by atoms with Gasteiger partial charge in [-0.2, -0.15) is 0 Å². The number of aryl methyl sites for hydroxylation is 1. The lowest BCUT2D eigenvalue weighted by Gasteiger charge is -2.19. The molecule has 0 aliphatic heterocycles. The molecule has 4 nitrogen and oxygen atoms in total. The summed E-state index contributed by atoms with van der Waals surface area (Å²) >= 11 is 7.53. The monoisotopic (exact) mass is 323 g/mol. The van der Waals surface area contributed by atoms with Crippen LogP contribution in [0.15, 0.2) is 23.6 Å². The number of benzene rings is 1. The van der Waals surface area contributed by atoms with Crippen LogP contribution in [-0.2, 0) is 4.79 Å². The molecule has 2 rings (SSSR count). The van der Waals surface area contributed by atoms with Crippen LogP contribution in [0, 0.1) is 13.8 Å². The maximum atomic E-state index is 12.3. The zero-order valence-electron chi connectivity index (χ0n) is 12.2. The van der Waals surface area contributed by atoms with Crippen LogP contribution < -0.4 is 10.6 Å². The molecule has 6 heteroatoms. The first kappa shape index (κ1) is 15.8. The summed E-state index contributed by atoms with van der Waals surface area (Å²) in [7, 11) is 0. The van der Waals surface area contributed by atoms with Crippen molar-refractivity contribution in [3.63, 3.8) is 0 Å². The second kappa shape index (κ2) is 6.91. The van der Waals surface area contributed by atoms with Crippen LogP contribution in [0.1, 0.15) is 24.6 Å². The summed E-state index contributed by atoms with van der Waals surface area (Å²) in [5.41, 5.74) is 2.72. The quantitative estimate of drug-likeness (QED) is 0.865. The third-order valence-corrected chi connectivity index (χ3v) is 4.46. The van der Waals surface area contributed by atoms with Crippen LogP contribution >= 0.6 is 22.9 Å². The number of halogens is 1. The van der Waals surface area contributed by atoms with E-state index < -0.39 is 0 Å². The van der Waals surface area contributed by atoms with Crippen LogP contribution in [0.3, 0.4) is 0 Å². The van der Waals surface area contributed by atoms with Crippen molar-refractivity contribution in [3.8, 4) is 0 Å². The Bertz CT molecular complexity index is 642. The molecule has 0 fully saturated rings. The number of nitrogens with zero attached hydrogens (tertiary/aromatic N) is 1. The van der Waals surface area contributed by atoms with Crippen molar-refractivity contribution < 1.29 is 4.79 Å². The van der Waals surface area contributed by atoms with Crippen molar-refractivity contribution in [2.24, 2.45) is 0 Å². The van der Waals surface area contributed by atoms with Gasteiger partial charge in [0.05, 0.1) is 5.69 Å². The fourth-order valence-corrected chi connectivity index (χ4v) is 2.77. The number of carbonyl (C=O) groups is 1. The summed E-state index contributed by atoms with van der Waals surface area (Å²) in [6, 6.07) is 5.30.